The number of amides is 2. The summed E-state index contributed by atoms with van der Waals surface area (Å²) < 4.78 is 5.71. The minimum atomic E-state index is -0.342. The molecule has 0 fully saturated rings. The lowest BCUT2D eigenvalue weighted by molar-refractivity contribution is -0.112. The molecule has 4 rings (SSSR count). The van der Waals surface area contributed by atoms with Gasteiger partial charge in [-0.3, -0.25) is 9.59 Å². The number of hydrogen-bond donors (Lipinski definition) is 0. The van der Waals surface area contributed by atoms with Crippen LogP contribution in [0.1, 0.15) is 34.0 Å². The molecule has 0 unspecified atom stereocenters. The van der Waals surface area contributed by atoms with Crippen molar-refractivity contribution in [2.24, 2.45) is 0 Å². The monoisotopic (exact) mass is 383 g/mol. The Labute approximate surface area is 170 Å². The maximum atomic E-state index is 13.5. The number of anilines is 1. The fourth-order valence-corrected chi connectivity index (χ4v) is 3.54. The van der Waals surface area contributed by atoms with E-state index in [2.05, 4.69) is 0 Å². The molecule has 0 aromatic heterocycles. The Balaban J connectivity index is 1.90. The van der Waals surface area contributed by atoms with E-state index in [1.165, 1.54) is 4.90 Å². The van der Waals surface area contributed by atoms with Crippen molar-refractivity contribution < 1.29 is 14.3 Å². The first-order chi connectivity index (χ1) is 14.1. The van der Waals surface area contributed by atoms with Gasteiger partial charge in [-0.1, -0.05) is 48.5 Å². The van der Waals surface area contributed by atoms with Gasteiger partial charge in [0.15, 0.2) is 0 Å². The second-order valence-electron chi connectivity index (χ2n) is 6.86. The Morgan fingerprint density at radius 3 is 2.34 bits per heavy atom. The Kier molecular flexibility index (Phi) is 5.00. The molecule has 144 valence electrons. The van der Waals surface area contributed by atoms with E-state index >= 15 is 0 Å². The highest BCUT2D eigenvalue weighted by molar-refractivity contribution is 6.43. The summed E-state index contributed by atoms with van der Waals surface area (Å²) in [6.07, 6.45) is 1.81. The van der Waals surface area contributed by atoms with Gasteiger partial charge in [0.05, 0.1) is 12.3 Å². The molecule has 0 radical (unpaired) electrons. The summed E-state index contributed by atoms with van der Waals surface area (Å²) in [7, 11) is 0. The molecule has 1 heterocycles. The van der Waals surface area contributed by atoms with Crippen LogP contribution < -0.4 is 9.64 Å². The number of nitrogens with zero attached hydrogens (tertiary/aromatic N) is 1. The van der Waals surface area contributed by atoms with Crippen LogP contribution in [0, 0.1) is 6.92 Å². The number of carbonyl (C=O) groups excluding carboxylic acids is 2. The van der Waals surface area contributed by atoms with E-state index in [1.54, 1.807) is 18.2 Å². The second-order valence-corrected chi connectivity index (χ2v) is 6.86. The van der Waals surface area contributed by atoms with Gasteiger partial charge >= 0.3 is 0 Å². The van der Waals surface area contributed by atoms with E-state index in [0.717, 1.165) is 11.1 Å². The third kappa shape index (κ3) is 3.45. The topological polar surface area (TPSA) is 46.6 Å². The van der Waals surface area contributed by atoms with Crippen LogP contribution in [0.5, 0.6) is 5.75 Å². The van der Waals surface area contributed by atoms with Crippen molar-refractivity contribution in [1.29, 1.82) is 0 Å². The summed E-state index contributed by atoms with van der Waals surface area (Å²) in [6, 6.07) is 22.2. The molecule has 2 amide bonds. The molecule has 0 aliphatic carbocycles. The van der Waals surface area contributed by atoms with Crippen molar-refractivity contribution in [3.05, 3.63) is 95.1 Å². The van der Waals surface area contributed by atoms with Crippen LogP contribution in [0.3, 0.4) is 0 Å². The fourth-order valence-electron chi connectivity index (χ4n) is 3.54. The second kappa shape index (κ2) is 7.76. The lowest BCUT2D eigenvalue weighted by atomic mass is 9.91. The van der Waals surface area contributed by atoms with E-state index in [-0.39, 0.29) is 11.8 Å². The molecule has 0 saturated carbocycles. The first-order valence-corrected chi connectivity index (χ1v) is 9.58. The molecule has 3 aromatic carbocycles. The summed E-state index contributed by atoms with van der Waals surface area (Å²) in [5, 5.41) is 0. The quantitative estimate of drug-likeness (QED) is 0.464. The summed E-state index contributed by atoms with van der Waals surface area (Å²) in [5.41, 5.74) is 3.96. The first kappa shape index (κ1) is 18.7. The molecular formula is C25H21NO3. The third-order valence-corrected chi connectivity index (χ3v) is 4.86. The van der Waals surface area contributed by atoms with Gasteiger partial charge in [0.1, 0.15) is 5.75 Å². The van der Waals surface area contributed by atoms with Gasteiger partial charge in [-0.2, -0.15) is 0 Å². The molecule has 4 heteroatoms. The van der Waals surface area contributed by atoms with Gasteiger partial charge in [0.2, 0.25) is 0 Å². The zero-order valence-corrected chi connectivity index (χ0v) is 16.4. The van der Waals surface area contributed by atoms with Crippen LogP contribution in [0.15, 0.2) is 72.8 Å². The lowest BCUT2D eigenvalue weighted by Gasteiger charge is -2.29. The predicted molar refractivity (Wildman–Crippen MR) is 115 cm³/mol. The fraction of sp³-hybridized carbons (Fsp3) is 0.120. The molecule has 0 N–H and O–H groups in total. The van der Waals surface area contributed by atoms with Crippen molar-refractivity contribution in [2.45, 2.75) is 13.8 Å². The van der Waals surface area contributed by atoms with Gasteiger partial charge in [-0.05, 0) is 55.3 Å². The van der Waals surface area contributed by atoms with Crippen LogP contribution in [0.2, 0.25) is 0 Å². The minimum Gasteiger partial charge on any atom is -0.493 e. The molecule has 0 spiro atoms. The number of benzene rings is 3. The van der Waals surface area contributed by atoms with E-state index in [0.29, 0.717) is 34.7 Å². The highest BCUT2D eigenvalue weighted by atomic mass is 16.5. The smallest absolute Gasteiger partial charge is 0.265 e. The van der Waals surface area contributed by atoms with Gasteiger partial charge < -0.3 is 4.74 Å². The molecule has 3 aromatic rings. The van der Waals surface area contributed by atoms with Crippen molar-refractivity contribution in [2.75, 3.05) is 11.5 Å². The van der Waals surface area contributed by atoms with Crippen molar-refractivity contribution >= 4 is 29.2 Å². The summed E-state index contributed by atoms with van der Waals surface area (Å²) in [5.74, 6) is 0.0452. The maximum Gasteiger partial charge on any atom is 0.265 e. The number of ether oxygens (including phenoxy) is 1. The number of aryl methyl sites for hydroxylation is 1. The third-order valence-electron chi connectivity index (χ3n) is 4.86. The summed E-state index contributed by atoms with van der Waals surface area (Å²) in [6.45, 7) is 4.38. The summed E-state index contributed by atoms with van der Waals surface area (Å²) >= 11 is 0. The van der Waals surface area contributed by atoms with Crippen LogP contribution in [0.4, 0.5) is 5.69 Å². The van der Waals surface area contributed by atoms with E-state index in [4.69, 9.17) is 4.74 Å². The van der Waals surface area contributed by atoms with Crippen LogP contribution in [0.25, 0.3) is 11.6 Å². The Hall–Kier alpha value is -3.66. The van der Waals surface area contributed by atoms with Crippen molar-refractivity contribution in [3.8, 4) is 5.75 Å². The number of hydrogen-bond acceptors (Lipinski definition) is 3. The average Bonchev–Trinajstić information content (AvgIpc) is 2.73. The molecular weight excluding hydrogens is 362 g/mol. The molecule has 0 bridgehead atoms. The normalized spacial score (nSPS) is 14.8. The number of imide groups is 1. The molecule has 29 heavy (non-hydrogen) atoms. The maximum absolute atomic E-state index is 13.5. The zero-order chi connectivity index (χ0) is 20.4. The predicted octanol–water partition coefficient (Wildman–Crippen LogP) is 5.12. The molecule has 4 nitrogen and oxygen atoms in total. The highest BCUT2D eigenvalue weighted by Crippen LogP contribution is 2.34. The molecule has 0 atom stereocenters. The standard InChI is InChI=1S/C25H21NO3/c1-3-29-23-14-7-4-10-18(23)16-22-20-12-5-6-13-21(20)24(27)26(25(22)28)19-11-8-9-17(2)15-19/h4-16H,3H2,1-2H3. The number of para-hydroxylation sites is 1. The van der Waals surface area contributed by atoms with Gasteiger partial charge in [0, 0.05) is 16.7 Å². The zero-order valence-electron chi connectivity index (χ0n) is 16.4. The Morgan fingerprint density at radius 2 is 1.59 bits per heavy atom. The number of carbonyl (C=O) groups is 2. The number of fused-ring (bicyclic) bond motifs is 1. The van der Waals surface area contributed by atoms with E-state index in [1.807, 2.05) is 74.5 Å². The Morgan fingerprint density at radius 1 is 0.862 bits per heavy atom. The lowest BCUT2D eigenvalue weighted by Crippen LogP contribution is -2.41. The van der Waals surface area contributed by atoms with Crippen molar-refractivity contribution in [1.82, 2.24) is 0 Å². The first-order valence-electron chi connectivity index (χ1n) is 9.58. The van der Waals surface area contributed by atoms with Gasteiger partial charge in [-0.15, -0.1) is 0 Å². The molecule has 0 saturated heterocycles. The summed E-state index contributed by atoms with van der Waals surface area (Å²) in [4.78, 5) is 27.9. The molecule has 1 aliphatic rings. The Bertz CT molecular complexity index is 1130. The SMILES string of the molecule is CCOc1ccccc1C=C1C(=O)N(c2cccc(C)c2)C(=O)c2ccccc21. The highest BCUT2D eigenvalue weighted by Gasteiger charge is 2.35. The van der Waals surface area contributed by atoms with Crippen LogP contribution in [-0.2, 0) is 4.79 Å². The van der Waals surface area contributed by atoms with E-state index in [9.17, 15) is 9.59 Å². The van der Waals surface area contributed by atoms with Gasteiger partial charge in [-0.25, -0.2) is 4.90 Å². The minimum absolute atomic E-state index is 0.313. The number of rotatable bonds is 4. The van der Waals surface area contributed by atoms with E-state index < -0.39 is 0 Å². The largest absolute Gasteiger partial charge is 0.493 e. The van der Waals surface area contributed by atoms with Crippen molar-refractivity contribution in [3.63, 3.8) is 0 Å². The van der Waals surface area contributed by atoms with Crippen LogP contribution in [-0.4, -0.2) is 18.4 Å². The average molecular weight is 383 g/mol. The van der Waals surface area contributed by atoms with Gasteiger partial charge in [0.25, 0.3) is 11.8 Å². The molecule has 1 aliphatic heterocycles. The van der Waals surface area contributed by atoms with Crippen LogP contribution >= 0.6 is 0 Å².